The lowest BCUT2D eigenvalue weighted by Gasteiger charge is -2.30. The molecule has 0 radical (unpaired) electrons. The molecule has 1 aromatic carbocycles. The van der Waals surface area contributed by atoms with Crippen molar-refractivity contribution in [2.45, 2.75) is 19.4 Å². The summed E-state index contributed by atoms with van der Waals surface area (Å²) in [5.74, 6) is -0.603. The third kappa shape index (κ3) is 4.72. The van der Waals surface area contributed by atoms with E-state index in [1.165, 1.54) is 11.3 Å². The van der Waals surface area contributed by atoms with Crippen LogP contribution in [0.1, 0.15) is 34.6 Å². The van der Waals surface area contributed by atoms with Gasteiger partial charge in [0.25, 0.3) is 5.91 Å². The highest BCUT2D eigenvalue weighted by Crippen LogP contribution is 2.40. The lowest BCUT2D eigenvalue weighted by molar-refractivity contribution is -0.129. The molecule has 4 rings (SSSR count). The number of nitrogens with zero attached hydrogens (tertiary/aromatic N) is 2. The van der Waals surface area contributed by atoms with Gasteiger partial charge in [-0.1, -0.05) is 18.2 Å². The van der Waals surface area contributed by atoms with Gasteiger partial charge in [0.05, 0.1) is 36.3 Å². The molecule has 0 saturated carbocycles. The molecule has 0 spiro atoms. The Bertz CT molecular complexity index is 982. The van der Waals surface area contributed by atoms with Crippen LogP contribution in [0.2, 0.25) is 0 Å². The third-order valence-electron chi connectivity index (χ3n) is 5.76. The Kier molecular flexibility index (Phi) is 7.24. The van der Waals surface area contributed by atoms with E-state index in [1.54, 1.807) is 17.0 Å². The first kappa shape index (κ1) is 22.5. The van der Waals surface area contributed by atoms with Crippen molar-refractivity contribution < 1.29 is 24.2 Å². The van der Waals surface area contributed by atoms with Gasteiger partial charge >= 0.3 is 0 Å². The van der Waals surface area contributed by atoms with Gasteiger partial charge in [0.1, 0.15) is 5.75 Å². The van der Waals surface area contributed by atoms with Crippen molar-refractivity contribution in [3.63, 3.8) is 0 Å². The van der Waals surface area contributed by atoms with Gasteiger partial charge in [0, 0.05) is 26.2 Å². The van der Waals surface area contributed by atoms with Crippen molar-refractivity contribution in [1.82, 2.24) is 9.80 Å². The van der Waals surface area contributed by atoms with E-state index in [4.69, 9.17) is 9.47 Å². The highest BCUT2D eigenvalue weighted by atomic mass is 32.1. The maximum absolute atomic E-state index is 13.3. The number of carbonyl (C=O) groups excluding carboxylic acids is 2. The number of ether oxygens (including phenoxy) is 2. The minimum atomic E-state index is -0.651. The molecule has 2 aromatic rings. The molecule has 1 saturated heterocycles. The second kappa shape index (κ2) is 10.3. The number of thiophene rings is 1. The minimum absolute atomic E-state index is 0.137. The molecule has 7 nitrogen and oxygen atoms in total. The number of carbonyl (C=O) groups is 2. The maximum Gasteiger partial charge on any atom is 0.290 e. The zero-order valence-corrected chi connectivity index (χ0v) is 19.0. The number of ketones is 1. The van der Waals surface area contributed by atoms with E-state index in [0.29, 0.717) is 23.8 Å². The van der Waals surface area contributed by atoms with E-state index in [2.05, 4.69) is 4.90 Å². The number of aliphatic hydroxyl groups is 1. The molecule has 8 heteroatoms. The van der Waals surface area contributed by atoms with E-state index in [9.17, 15) is 14.7 Å². The summed E-state index contributed by atoms with van der Waals surface area (Å²) >= 11 is 1.30. The van der Waals surface area contributed by atoms with E-state index >= 15 is 0 Å². The zero-order chi connectivity index (χ0) is 22.5. The third-order valence-corrected chi connectivity index (χ3v) is 6.62. The van der Waals surface area contributed by atoms with Crippen LogP contribution >= 0.6 is 11.3 Å². The first-order valence-electron chi connectivity index (χ1n) is 10.9. The Labute approximate surface area is 191 Å². The van der Waals surface area contributed by atoms with Gasteiger partial charge in [-0.15, -0.1) is 11.3 Å². The van der Waals surface area contributed by atoms with Crippen LogP contribution in [-0.2, 0) is 9.53 Å². The fourth-order valence-electron chi connectivity index (χ4n) is 4.23. The zero-order valence-electron chi connectivity index (χ0n) is 18.2. The number of amides is 1. The van der Waals surface area contributed by atoms with Crippen molar-refractivity contribution in [1.29, 1.82) is 0 Å². The van der Waals surface area contributed by atoms with Crippen LogP contribution in [-0.4, -0.2) is 72.6 Å². The van der Waals surface area contributed by atoms with Crippen LogP contribution in [0.3, 0.4) is 0 Å². The summed E-state index contributed by atoms with van der Waals surface area (Å²) in [7, 11) is 0. The molecule has 32 heavy (non-hydrogen) atoms. The van der Waals surface area contributed by atoms with Crippen LogP contribution < -0.4 is 4.74 Å². The summed E-state index contributed by atoms with van der Waals surface area (Å²) in [5.41, 5.74) is 0.886. The monoisotopic (exact) mass is 456 g/mol. The fourth-order valence-corrected chi connectivity index (χ4v) is 4.91. The summed E-state index contributed by atoms with van der Waals surface area (Å²) in [6.07, 6.45) is 0.737. The van der Waals surface area contributed by atoms with Crippen LogP contribution in [0, 0.1) is 0 Å². The van der Waals surface area contributed by atoms with E-state index < -0.39 is 17.7 Å². The second-order valence-corrected chi connectivity index (χ2v) is 8.73. The molecule has 1 N–H and O–H groups in total. The molecule has 170 valence electrons. The van der Waals surface area contributed by atoms with Gasteiger partial charge in [-0.3, -0.25) is 14.5 Å². The van der Waals surface area contributed by atoms with E-state index in [0.717, 1.165) is 44.8 Å². The Morgan fingerprint density at radius 1 is 1.22 bits per heavy atom. The molecule has 2 aliphatic rings. The number of benzene rings is 1. The predicted octanol–water partition coefficient (Wildman–Crippen LogP) is 3.45. The average molecular weight is 457 g/mol. The molecule has 3 heterocycles. The first-order chi connectivity index (χ1) is 15.6. The number of morpholine rings is 1. The van der Waals surface area contributed by atoms with Gasteiger partial charge in [0.15, 0.2) is 5.76 Å². The van der Waals surface area contributed by atoms with Gasteiger partial charge in [0.2, 0.25) is 5.78 Å². The highest BCUT2D eigenvalue weighted by Gasteiger charge is 2.43. The molecule has 1 atom stereocenters. The topological polar surface area (TPSA) is 79.3 Å². The average Bonchev–Trinajstić information content (AvgIpc) is 3.43. The SMILES string of the molecule is CCOc1cccc([C@H]2C(C(=O)c3cccs3)=C(O)C(=O)N2CCCN2CCOCC2)c1. The van der Waals surface area contributed by atoms with Crippen LogP contribution in [0.25, 0.3) is 0 Å². The molecular weight excluding hydrogens is 428 g/mol. The van der Waals surface area contributed by atoms with Crippen LogP contribution in [0.15, 0.2) is 53.1 Å². The molecule has 1 amide bonds. The Balaban J connectivity index is 1.61. The largest absolute Gasteiger partial charge is 0.503 e. The van der Waals surface area contributed by atoms with Gasteiger partial charge in [-0.25, -0.2) is 0 Å². The van der Waals surface area contributed by atoms with Crippen molar-refractivity contribution in [3.8, 4) is 5.75 Å². The maximum atomic E-state index is 13.3. The first-order valence-corrected chi connectivity index (χ1v) is 11.8. The molecule has 2 aliphatic heterocycles. The lowest BCUT2D eigenvalue weighted by Crippen LogP contribution is -2.39. The van der Waals surface area contributed by atoms with Crippen molar-refractivity contribution in [3.05, 3.63) is 63.6 Å². The van der Waals surface area contributed by atoms with Crippen molar-refractivity contribution in [2.24, 2.45) is 0 Å². The fraction of sp³-hybridized carbons (Fsp3) is 0.417. The van der Waals surface area contributed by atoms with E-state index in [1.807, 2.05) is 36.6 Å². The molecule has 0 bridgehead atoms. The van der Waals surface area contributed by atoms with E-state index in [-0.39, 0.29) is 11.4 Å². The van der Waals surface area contributed by atoms with Crippen molar-refractivity contribution >= 4 is 23.0 Å². The molecular formula is C24H28N2O5S. The van der Waals surface area contributed by atoms with Gasteiger partial charge in [-0.2, -0.15) is 0 Å². The number of rotatable bonds is 9. The Morgan fingerprint density at radius 2 is 2.03 bits per heavy atom. The van der Waals surface area contributed by atoms with Gasteiger partial charge in [-0.05, 0) is 42.5 Å². The summed E-state index contributed by atoms with van der Waals surface area (Å²) in [6.45, 7) is 6.87. The molecule has 0 unspecified atom stereocenters. The number of aliphatic hydroxyl groups excluding tert-OH is 1. The highest BCUT2D eigenvalue weighted by molar-refractivity contribution is 7.12. The Hall–Kier alpha value is -2.68. The van der Waals surface area contributed by atoms with Crippen LogP contribution in [0.5, 0.6) is 5.75 Å². The number of hydrogen-bond acceptors (Lipinski definition) is 7. The second-order valence-electron chi connectivity index (χ2n) is 7.78. The summed E-state index contributed by atoms with van der Waals surface area (Å²) in [4.78, 5) is 30.8. The smallest absolute Gasteiger partial charge is 0.290 e. The summed E-state index contributed by atoms with van der Waals surface area (Å²) in [6, 6.07) is 10.3. The van der Waals surface area contributed by atoms with Gasteiger partial charge < -0.3 is 19.5 Å². The molecule has 1 fully saturated rings. The number of hydrogen-bond donors (Lipinski definition) is 1. The quantitative estimate of drug-likeness (QED) is 0.583. The normalized spacial score (nSPS) is 19.6. The minimum Gasteiger partial charge on any atom is -0.503 e. The lowest BCUT2D eigenvalue weighted by atomic mass is 9.95. The molecule has 1 aromatic heterocycles. The predicted molar refractivity (Wildman–Crippen MR) is 122 cm³/mol. The Morgan fingerprint density at radius 3 is 2.75 bits per heavy atom. The summed E-state index contributed by atoms with van der Waals surface area (Å²) in [5, 5.41) is 12.6. The number of Topliss-reactive ketones (excluding diaryl/α,β-unsaturated/α-hetero) is 1. The van der Waals surface area contributed by atoms with Crippen molar-refractivity contribution in [2.75, 3.05) is 46.0 Å². The summed E-state index contributed by atoms with van der Waals surface area (Å²) < 4.78 is 11.0. The standard InChI is InChI=1S/C24H28N2O5S/c1-2-31-18-7-3-6-17(16-18)21-20(22(27)19-8-4-15-32-19)23(28)24(29)26(21)10-5-9-25-11-13-30-14-12-25/h3-4,6-8,15-16,21,28H,2,5,9-14H2,1H3/t21-/m0/s1. The molecule has 0 aliphatic carbocycles. The van der Waals surface area contributed by atoms with Crippen LogP contribution in [0.4, 0.5) is 0 Å².